The lowest BCUT2D eigenvalue weighted by atomic mass is 10.0. The molecule has 0 bridgehead atoms. The summed E-state index contributed by atoms with van der Waals surface area (Å²) in [6.45, 7) is 4.39. The zero-order valence-electron chi connectivity index (χ0n) is 16.2. The van der Waals surface area contributed by atoms with Gasteiger partial charge in [0.1, 0.15) is 25.0 Å². The molecule has 2 N–H and O–H groups in total. The number of nitrogens with two attached hydrogens (primary N) is 1. The minimum atomic E-state index is -0.611. The van der Waals surface area contributed by atoms with Crippen LogP contribution in [0.25, 0.3) is 11.1 Å². The smallest absolute Gasteiger partial charge is 0.322 e. The zero-order chi connectivity index (χ0) is 19.9. The predicted octanol–water partition coefficient (Wildman–Crippen LogP) is 4.63. The number of hydrogen-bond donors (Lipinski definition) is 1. The monoisotopic (exact) mass is 375 g/mol. The van der Waals surface area contributed by atoms with E-state index in [2.05, 4.69) is 55.5 Å². The molecule has 144 valence electrons. The molecule has 0 radical (unpaired) electrons. The van der Waals surface area contributed by atoms with Crippen LogP contribution in [0, 0.1) is 6.92 Å². The van der Waals surface area contributed by atoms with Gasteiger partial charge >= 0.3 is 5.97 Å². The molecular formula is C24H25NO3. The van der Waals surface area contributed by atoms with Crippen molar-refractivity contribution in [3.63, 3.8) is 0 Å². The summed E-state index contributed by atoms with van der Waals surface area (Å²) < 4.78 is 11.0. The molecule has 0 saturated carbocycles. The Morgan fingerprint density at radius 3 is 1.89 bits per heavy atom. The van der Waals surface area contributed by atoms with Crippen molar-refractivity contribution >= 4 is 5.97 Å². The number of rotatable bonds is 7. The van der Waals surface area contributed by atoms with Gasteiger partial charge in [-0.3, -0.25) is 4.79 Å². The molecule has 4 nitrogen and oxygen atoms in total. The van der Waals surface area contributed by atoms with Crippen LogP contribution in [-0.2, 0) is 22.7 Å². The summed E-state index contributed by atoms with van der Waals surface area (Å²) in [5.74, 6) is 0.360. The second-order valence-corrected chi connectivity index (χ2v) is 6.89. The first kappa shape index (κ1) is 19.6. The van der Waals surface area contributed by atoms with Crippen molar-refractivity contribution in [3.05, 3.63) is 89.5 Å². The Bertz CT molecular complexity index is 898. The van der Waals surface area contributed by atoms with E-state index in [-0.39, 0.29) is 6.61 Å². The molecule has 0 heterocycles. The lowest BCUT2D eigenvalue weighted by Crippen LogP contribution is -2.28. The summed E-state index contributed by atoms with van der Waals surface area (Å²) in [6.07, 6.45) is 0. The van der Waals surface area contributed by atoms with Crippen molar-refractivity contribution in [1.82, 2.24) is 0 Å². The van der Waals surface area contributed by atoms with Crippen LogP contribution in [-0.4, -0.2) is 12.0 Å². The molecule has 28 heavy (non-hydrogen) atoms. The van der Waals surface area contributed by atoms with Crippen LogP contribution in [0.5, 0.6) is 5.75 Å². The van der Waals surface area contributed by atoms with E-state index in [1.165, 1.54) is 16.7 Å². The van der Waals surface area contributed by atoms with E-state index in [0.717, 1.165) is 16.9 Å². The average Bonchev–Trinajstić information content (AvgIpc) is 2.72. The first-order valence-corrected chi connectivity index (χ1v) is 9.31. The van der Waals surface area contributed by atoms with Gasteiger partial charge < -0.3 is 15.2 Å². The number of aryl methyl sites for hydroxylation is 1. The Kier molecular flexibility index (Phi) is 6.45. The van der Waals surface area contributed by atoms with Crippen LogP contribution in [0.1, 0.15) is 23.6 Å². The normalized spacial score (nSPS) is 11.7. The molecule has 4 heteroatoms. The fourth-order valence-electron chi connectivity index (χ4n) is 2.67. The van der Waals surface area contributed by atoms with Gasteiger partial charge in [0, 0.05) is 0 Å². The molecule has 0 aliphatic heterocycles. The number of hydrogen-bond acceptors (Lipinski definition) is 4. The highest BCUT2D eigenvalue weighted by Crippen LogP contribution is 2.21. The van der Waals surface area contributed by atoms with Crippen LogP contribution in [0.3, 0.4) is 0 Å². The van der Waals surface area contributed by atoms with Crippen LogP contribution >= 0.6 is 0 Å². The predicted molar refractivity (Wildman–Crippen MR) is 111 cm³/mol. The Morgan fingerprint density at radius 1 is 0.821 bits per heavy atom. The SMILES string of the molecule is Cc1ccc(-c2ccc(COc3ccc(COC(=O)C(C)N)cc3)cc2)cc1. The van der Waals surface area contributed by atoms with Gasteiger partial charge in [-0.1, -0.05) is 66.2 Å². The van der Waals surface area contributed by atoms with Crippen molar-refractivity contribution < 1.29 is 14.3 Å². The van der Waals surface area contributed by atoms with Crippen molar-refractivity contribution in [2.75, 3.05) is 0 Å². The fraction of sp³-hybridized carbons (Fsp3) is 0.208. The second-order valence-electron chi connectivity index (χ2n) is 6.89. The summed E-state index contributed by atoms with van der Waals surface area (Å²) in [6, 6.07) is 23.8. The van der Waals surface area contributed by atoms with Crippen molar-refractivity contribution in [2.24, 2.45) is 5.73 Å². The maximum atomic E-state index is 11.4. The van der Waals surface area contributed by atoms with E-state index >= 15 is 0 Å². The lowest BCUT2D eigenvalue weighted by molar-refractivity contribution is -0.146. The molecule has 0 spiro atoms. The molecule has 0 aliphatic carbocycles. The van der Waals surface area contributed by atoms with Crippen molar-refractivity contribution in [1.29, 1.82) is 0 Å². The van der Waals surface area contributed by atoms with E-state index in [0.29, 0.717) is 6.61 Å². The summed E-state index contributed by atoms with van der Waals surface area (Å²) in [7, 11) is 0. The summed E-state index contributed by atoms with van der Waals surface area (Å²) in [5, 5.41) is 0. The summed E-state index contributed by atoms with van der Waals surface area (Å²) in [5.41, 5.74) is 11.1. The highest BCUT2D eigenvalue weighted by Gasteiger charge is 2.08. The minimum Gasteiger partial charge on any atom is -0.489 e. The van der Waals surface area contributed by atoms with Crippen LogP contribution in [0.4, 0.5) is 0 Å². The Labute approximate surface area is 165 Å². The highest BCUT2D eigenvalue weighted by molar-refractivity contribution is 5.74. The van der Waals surface area contributed by atoms with E-state index in [1.54, 1.807) is 6.92 Å². The Morgan fingerprint density at radius 2 is 1.32 bits per heavy atom. The molecule has 1 unspecified atom stereocenters. The number of ether oxygens (including phenoxy) is 2. The van der Waals surface area contributed by atoms with Crippen molar-refractivity contribution in [2.45, 2.75) is 33.1 Å². The third-order valence-corrected chi connectivity index (χ3v) is 4.42. The average molecular weight is 375 g/mol. The Balaban J connectivity index is 1.52. The summed E-state index contributed by atoms with van der Waals surface area (Å²) >= 11 is 0. The van der Waals surface area contributed by atoms with Gasteiger partial charge in [-0.2, -0.15) is 0 Å². The quantitative estimate of drug-likeness (QED) is 0.612. The third kappa shape index (κ3) is 5.44. The second kappa shape index (κ2) is 9.20. The highest BCUT2D eigenvalue weighted by atomic mass is 16.5. The molecule has 3 rings (SSSR count). The zero-order valence-corrected chi connectivity index (χ0v) is 16.2. The lowest BCUT2D eigenvalue weighted by Gasteiger charge is -2.10. The van der Waals surface area contributed by atoms with Crippen molar-refractivity contribution in [3.8, 4) is 16.9 Å². The minimum absolute atomic E-state index is 0.209. The van der Waals surface area contributed by atoms with E-state index in [1.807, 2.05) is 24.3 Å². The van der Waals surface area contributed by atoms with Gasteiger partial charge in [0.15, 0.2) is 0 Å². The van der Waals surface area contributed by atoms with Gasteiger partial charge in [-0.25, -0.2) is 0 Å². The summed E-state index contributed by atoms with van der Waals surface area (Å²) in [4.78, 5) is 11.4. The van der Waals surface area contributed by atoms with E-state index < -0.39 is 12.0 Å². The number of benzene rings is 3. The largest absolute Gasteiger partial charge is 0.489 e. The standard InChI is InChI=1S/C24H25NO3/c1-17-3-9-21(10-4-17)22-11-5-19(6-12-22)15-27-23-13-7-20(8-14-23)16-28-24(26)18(2)25/h3-14,18H,15-16,25H2,1-2H3. The molecule has 1 atom stereocenters. The van der Waals surface area contributed by atoms with Crippen LogP contribution in [0.2, 0.25) is 0 Å². The number of esters is 1. The Hall–Kier alpha value is -3.11. The maximum absolute atomic E-state index is 11.4. The van der Waals surface area contributed by atoms with E-state index in [9.17, 15) is 4.79 Å². The number of carbonyl (C=O) groups is 1. The number of carbonyl (C=O) groups excluding carboxylic acids is 1. The molecule has 0 fully saturated rings. The molecule has 0 amide bonds. The molecule has 3 aromatic rings. The third-order valence-electron chi connectivity index (χ3n) is 4.42. The van der Waals surface area contributed by atoms with Gasteiger partial charge in [-0.15, -0.1) is 0 Å². The van der Waals surface area contributed by atoms with E-state index in [4.69, 9.17) is 15.2 Å². The van der Waals surface area contributed by atoms with Crippen LogP contribution < -0.4 is 10.5 Å². The van der Waals surface area contributed by atoms with Gasteiger partial charge in [0.05, 0.1) is 0 Å². The molecule has 0 aliphatic rings. The molecule has 0 aromatic heterocycles. The van der Waals surface area contributed by atoms with Gasteiger partial charge in [0.25, 0.3) is 0 Å². The molecular weight excluding hydrogens is 350 g/mol. The van der Waals surface area contributed by atoms with Gasteiger partial charge in [0.2, 0.25) is 0 Å². The maximum Gasteiger partial charge on any atom is 0.322 e. The molecule has 0 saturated heterocycles. The molecule has 3 aromatic carbocycles. The van der Waals surface area contributed by atoms with Crippen LogP contribution in [0.15, 0.2) is 72.8 Å². The first-order valence-electron chi connectivity index (χ1n) is 9.31. The first-order chi connectivity index (χ1) is 13.5. The fourth-order valence-corrected chi connectivity index (χ4v) is 2.67. The topological polar surface area (TPSA) is 61.5 Å². The van der Waals surface area contributed by atoms with Gasteiger partial charge in [-0.05, 0) is 48.2 Å².